The molecule has 1 unspecified atom stereocenters. The molecule has 3 nitrogen and oxygen atoms in total. The van der Waals surface area contributed by atoms with Crippen molar-refractivity contribution in [3.05, 3.63) is 23.3 Å². The van der Waals surface area contributed by atoms with Crippen LogP contribution in [0.3, 0.4) is 0 Å². The number of rotatable bonds is 1. The second-order valence-corrected chi connectivity index (χ2v) is 3.50. The quantitative estimate of drug-likeness (QED) is 0.741. The van der Waals surface area contributed by atoms with Crippen LogP contribution in [0.1, 0.15) is 24.2 Å². The van der Waals surface area contributed by atoms with Crippen molar-refractivity contribution in [1.29, 1.82) is 0 Å². The molecule has 0 amide bonds. The Morgan fingerprint density at radius 3 is 2.71 bits per heavy atom. The smallest absolute Gasteiger partial charge is 0.167 e. The van der Waals surface area contributed by atoms with Crippen LogP contribution in [0.15, 0.2) is 12.1 Å². The molecule has 0 aromatic heterocycles. The maximum atomic E-state index is 9.62. The van der Waals surface area contributed by atoms with Crippen LogP contribution in [0.5, 0.6) is 11.5 Å². The average molecular weight is 194 g/mol. The lowest BCUT2D eigenvalue weighted by Crippen LogP contribution is -2.17. The van der Waals surface area contributed by atoms with Gasteiger partial charge in [-0.05, 0) is 25.5 Å². The third kappa shape index (κ3) is 1.44. The minimum atomic E-state index is -0.522. The molecule has 3 heteroatoms. The molecule has 0 saturated heterocycles. The van der Waals surface area contributed by atoms with Crippen LogP contribution in [0.25, 0.3) is 0 Å². The summed E-state index contributed by atoms with van der Waals surface area (Å²) in [6.45, 7) is 4.83. The van der Waals surface area contributed by atoms with Crippen molar-refractivity contribution in [1.82, 2.24) is 0 Å². The van der Waals surface area contributed by atoms with Crippen LogP contribution in [-0.4, -0.2) is 18.3 Å². The van der Waals surface area contributed by atoms with E-state index in [1.165, 1.54) is 0 Å². The predicted octanol–water partition coefficient (Wildman–Crippen LogP) is 1.82. The van der Waals surface area contributed by atoms with Gasteiger partial charge in [-0.15, -0.1) is 0 Å². The van der Waals surface area contributed by atoms with Gasteiger partial charge < -0.3 is 14.6 Å². The molecule has 0 fully saturated rings. The van der Waals surface area contributed by atoms with E-state index >= 15 is 0 Å². The highest BCUT2D eigenvalue weighted by molar-refractivity contribution is 5.52. The van der Waals surface area contributed by atoms with E-state index in [4.69, 9.17) is 9.47 Å². The average Bonchev–Trinajstić information content (AvgIpc) is 2.17. The zero-order valence-corrected chi connectivity index (χ0v) is 8.41. The Bertz CT molecular complexity index is 345. The lowest BCUT2D eigenvalue weighted by Gasteiger charge is -2.23. The maximum absolute atomic E-state index is 9.62. The standard InChI is InChI=1S/C11H14O3/c1-7-3-4-9-11(10(7)8(2)12)14-6-5-13-9/h3-4,8,12H,5-6H2,1-2H3. The molecule has 2 rings (SSSR count). The summed E-state index contributed by atoms with van der Waals surface area (Å²) in [4.78, 5) is 0. The minimum Gasteiger partial charge on any atom is -0.486 e. The van der Waals surface area contributed by atoms with Gasteiger partial charge in [0, 0.05) is 5.56 Å². The molecular weight excluding hydrogens is 180 g/mol. The van der Waals surface area contributed by atoms with Gasteiger partial charge in [-0.25, -0.2) is 0 Å². The first-order chi connectivity index (χ1) is 6.70. The van der Waals surface area contributed by atoms with Gasteiger partial charge in [0.25, 0.3) is 0 Å². The van der Waals surface area contributed by atoms with Crippen molar-refractivity contribution in [2.75, 3.05) is 13.2 Å². The normalized spacial score (nSPS) is 16.5. The van der Waals surface area contributed by atoms with Gasteiger partial charge in [0.1, 0.15) is 13.2 Å². The molecule has 0 radical (unpaired) electrons. The summed E-state index contributed by atoms with van der Waals surface area (Å²) in [6.07, 6.45) is -0.522. The van der Waals surface area contributed by atoms with Crippen molar-refractivity contribution in [2.45, 2.75) is 20.0 Å². The first-order valence-corrected chi connectivity index (χ1v) is 4.77. The van der Waals surface area contributed by atoms with Crippen LogP contribution in [0.4, 0.5) is 0 Å². The first-order valence-electron chi connectivity index (χ1n) is 4.77. The number of hydrogen-bond donors (Lipinski definition) is 1. The highest BCUT2D eigenvalue weighted by Gasteiger charge is 2.20. The molecule has 0 saturated carbocycles. The van der Waals surface area contributed by atoms with E-state index in [1.54, 1.807) is 6.92 Å². The first kappa shape index (κ1) is 9.34. The number of hydrogen-bond acceptors (Lipinski definition) is 3. The zero-order chi connectivity index (χ0) is 10.1. The minimum absolute atomic E-state index is 0.522. The van der Waals surface area contributed by atoms with E-state index in [2.05, 4.69) is 0 Å². The third-order valence-electron chi connectivity index (χ3n) is 2.38. The van der Waals surface area contributed by atoms with Crippen molar-refractivity contribution in [2.24, 2.45) is 0 Å². The fraction of sp³-hybridized carbons (Fsp3) is 0.455. The van der Waals surface area contributed by atoms with Gasteiger partial charge in [-0.3, -0.25) is 0 Å². The number of aryl methyl sites for hydroxylation is 1. The van der Waals surface area contributed by atoms with E-state index in [-0.39, 0.29) is 0 Å². The Morgan fingerprint density at radius 1 is 1.29 bits per heavy atom. The Balaban J connectivity index is 2.55. The lowest BCUT2D eigenvalue weighted by molar-refractivity contribution is 0.153. The van der Waals surface area contributed by atoms with Gasteiger partial charge in [0.15, 0.2) is 11.5 Å². The monoisotopic (exact) mass is 194 g/mol. The fourth-order valence-corrected chi connectivity index (χ4v) is 1.76. The number of ether oxygens (including phenoxy) is 2. The summed E-state index contributed by atoms with van der Waals surface area (Å²) in [6, 6.07) is 3.82. The second-order valence-electron chi connectivity index (χ2n) is 3.50. The molecule has 14 heavy (non-hydrogen) atoms. The van der Waals surface area contributed by atoms with Crippen molar-refractivity contribution in [3.63, 3.8) is 0 Å². The molecule has 1 aromatic rings. The van der Waals surface area contributed by atoms with E-state index in [0.29, 0.717) is 19.0 Å². The molecule has 1 atom stereocenters. The summed E-state index contributed by atoms with van der Waals surface area (Å²) < 4.78 is 10.9. The van der Waals surface area contributed by atoms with Crippen molar-refractivity contribution in [3.8, 4) is 11.5 Å². The molecule has 76 valence electrons. The van der Waals surface area contributed by atoms with Crippen LogP contribution < -0.4 is 9.47 Å². The van der Waals surface area contributed by atoms with E-state index < -0.39 is 6.10 Å². The van der Waals surface area contributed by atoms with Crippen LogP contribution >= 0.6 is 0 Å². The van der Waals surface area contributed by atoms with Crippen molar-refractivity contribution < 1.29 is 14.6 Å². The Hall–Kier alpha value is -1.22. The topological polar surface area (TPSA) is 38.7 Å². The number of benzene rings is 1. The Kier molecular flexibility index (Phi) is 2.33. The fourth-order valence-electron chi connectivity index (χ4n) is 1.76. The van der Waals surface area contributed by atoms with Crippen molar-refractivity contribution >= 4 is 0 Å². The van der Waals surface area contributed by atoms with Gasteiger partial charge in [0.2, 0.25) is 0 Å². The summed E-state index contributed by atoms with van der Waals surface area (Å²) >= 11 is 0. The molecule has 0 bridgehead atoms. The van der Waals surface area contributed by atoms with Gasteiger partial charge >= 0.3 is 0 Å². The molecule has 1 aliphatic heterocycles. The van der Waals surface area contributed by atoms with Crippen LogP contribution in [0, 0.1) is 6.92 Å². The number of aliphatic hydroxyl groups is 1. The van der Waals surface area contributed by atoms with Gasteiger partial charge in [0.05, 0.1) is 6.10 Å². The highest BCUT2D eigenvalue weighted by Crippen LogP contribution is 2.38. The summed E-state index contributed by atoms with van der Waals surface area (Å²) in [5.41, 5.74) is 1.87. The molecule has 1 N–H and O–H groups in total. The molecule has 1 heterocycles. The maximum Gasteiger partial charge on any atom is 0.167 e. The summed E-state index contributed by atoms with van der Waals surface area (Å²) in [5, 5.41) is 9.62. The van der Waals surface area contributed by atoms with E-state index in [9.17, 15) is 5.11 Å². The summed E-state index contributed by atoms with van der Waals surface area (Å²) in [5.74, 6) is 1.43. The Labute approximate surface area is 83.3 Å². The summed E-state index contributed by atoms with van der Waals surface area (Å²) in [7, 11) is 0. The van der Waals surface area contributed by atoms with E-state index in [1.807, 2.05) is 19.1 Å². The van der Waals surface area contributed by atoms with Gasteiger partial charge in [-0.2, -0.15) is 0 Å². The van der Waals surface area contributed by atoms with Crippen LogP contribution in [-0.2, 0) is 0 Å². The second kappa shape index (κ2) is 3.50. The van der Waals surface area contributed by atoms with Gasteiger partial charge in [-0.1, -0.05) is 6.07 Å². The van der Waals surface area contributed by atoms with Crippen LogP contribution in [0.2, 0.25) is 0 Å². The number of aliphatic hydroxyl groups excluding tert-OH is 1. The molecule has 1 aliphatic rings. The molecule has 0 spiro atoms. The predicted molar refractivity (Wildman–Crippen MR) is 52.8 cm³/mol. The molecule has 1 aromatic carbocycles. The molecular formula is C11H14O3. The Morgan fingerprint density at radius 2 is 2.00 bits per heavy atom. The number of fused-ring (bicyclic) bond motifs is 1. The highest BCUT2D eigenvalue weighted by atomic mass is 16.6. The zero-order valence-electron chi connectivity index (χ0n) is 8.41. The lowest BCUT2D eigenvalue weighted by atomic mass is 10.0. The largest absolute Gasteiger partial charge is 0.486 e. The SMILES string of the molecule is Cc1ccc2c(c1C(C)O)OCCO2. The third-order valence-corrected chi connectivity index (χ3v) is 2.38. The molecule has 0 aliphatic carbocycles. The van der Waals surface area contributed by atoms with E-state index in [0.717, 1.165) is 16.9 Å².